The molecular formula is C12H14N4OS. The van der Waals surface area contributed by atoms with Gasteiger partial charge in [0, 0.05) is 18.8 Å². The molecule has 1 aliphatic heterocycles. The Hall–Kier alpha value is -1.82. The lowest BCUT2D eigenvalue weighted by atomic mass is 10.2. The first kappa shape index (κ1) is 11.3. The molecule has 18 heavy (non-hydrogen) atoms. The van der Waals surface area contributed by atoms with Gasteiger partial charge in [0.05, 0.1) is 5.69 Å². The number of aromatic nitrogens is 3. The Labute approximate surface area is 109 Å². The van der Waals surface area contributed by atoms with Crippen molar-refractivity contribution >= 4 is 17.9 Å². The minimum absolute atomic E-state index is 0.242. The van der Waals surface area contributed by atoms with Crippen molar-refractivity contribution in [3.8, 4) is 5.69 Å². The van der Waals surface area contributed by atoms with E-state index in [2.05, 4.69) is 15.1 Å². The molecular weight excluding hydrogens is 248 g/mol. The van der Waals surface area contributed by atoms with Crippen LogP contribution in [0.15, 0.2) is 29.1 Å². The molecule has 3 rings (SSSR count). The fraction of sp³-hybridized carbons (Fsp3) is 0.333. The van der Waals surface area contributed by atoms with Gasteiger partial charge in [-0.2, -0.15) is 0 Å². The number of hydrogen-bond donors (Lipinski definition) is 2. The SMILES string of the molecule is O=c1[nH][nH]c(=S)n1-c1ccc(N2CCCC2)cc1. The molecule has 1 saturated heterocycles. The standard InChI is InChI=1S/C12H14N4OS/c17-11-13-14-12(18)16(11)10-5-3-9(4-6-10)15-7-1-2-8-15/h3-6H,1-2,7-8H2,(H,13,17)(H,14,18). The van der Waals surface area contributed by atoms with Crippen molar-refractivity contribution in [1.29, 1.82) is 0 Å². The topological polar surface area (TPSA) is 56.8 Å². The number of hydrogen-bond acceptors (Lipinski definition) is 3. The van der Waals surface area contributed by atoms with Gasteiger partial charge >= 0.3 is 5.69 Å². The Morgan fingerprint density at radius 1 is 1.00 bits per heavy atom. The Bertz CT molecular complexity index is 618. The van der Waals surface area contributed by atoms with E-state index >= 15 is 0 Å². The second-order valence-electron chi connectivity index (χ2n) is 4.41. The van der Waals surface area contributed by atoms with Crippen LogP contribution in [-0.2, 0) is 0 Å². The van der Waals surface area contributed by atoms with Gasteiger partial charge in [-0.05, 0) is 49.3 Å². The summed E-state index contributed by atoms with van der Waals surface area (Å²) in [5, 5.41) is 5.11. The molecule has 6 heteroatoms. The summed E-state index contributed by atoms with van der Waals surface area (Å²) in [5.41, 5.74) is 1.74. The van der Waals surface area contributed by atoms with E-state index in [9.17, 15) is 4.79 Å². The van der Waals surface area contributed by atoms with Crippen LogP contribution in [0.5, 0.6) is 0 Å². The van der Waals surface area contributed by atoms with Crippen LogP contribution in [0.25, 0.3) is 5.69 Å². The minimum Gasteiger partial charge on any atom is -0.372 e. The van der Waals surface area contributed by atoms with E-state index in [1.807, 2.05) is 24.3 Å². The molecule has 0 spiro atoms. The molecule has 1 aromatic heterocycles. The summed E-state index contributed by atoms with van der Waals surface area (Å²) in [6.07, 6.45) is 2.51. The third-order valence-corrected chi connectivity index (χ3v) is 3.55. The van der Waals surface area contributed by atoms with E-state index in [1.54, 1.807) is 0 Å². The molecule has 0 atom stereocenters. The molecule has 2 N–H and O–H groups in total. The van der Waals surface area contributed by atoms with Crippen LogP contribution in [0.2, 0.25) is 0 Å². The summed E-state index contributed by atoms with van der Waals surface area (Å²) in [7, 11) is 0. The molecule has 2 aromatic rings. The van der Waals surface area contributed by atoms with Crippen LogP contribution in [0.4, 0.5) is 5.69 Å². The maximum atomic E-state index is 11.6. The van der Waals surface area contributed by atoms with Gasteiger partial charge in [-0.25, -0.2) is 14.5 Å². The van der Waals surface area contributed by atoms with Crippen LogP contribution < -0.4 is 10.6 Å². The highest BCUT2D eigenvalue weighted by atomic mass is 32.1. The summed E-state index contributed by atoms with van der Waals surface area (Å²) in [6.45, 7) is 2.23. The quantitative estimate of drug-likeness (QED) is 0.812. The zero-order valence-electron chi connectivity index (χ0n) is 9.85. The zero-order chi connectivity index (χ0) is 12.5. The lowest BCUT2D eigenvalue weighted by molar-refractivity contribution is 0.949. The first-order valence-electron chi connectivity index (χ1n) is 6.01. The predicted octanol–water partition coefficient (Wildman–Crippen LogP) is 1.82. The fourth-order valence-electron chi connectivity index (χ4n) is 2.33. The molecule has 0 bridgehead atoms. The van der Waals surface area contributed by atoms with Gasteiger partial charge in [0.1, 0.15) is 0 Å². The van der Waals surface area contributed by atoms with Crippen molar-refractivity contribution < 1.29 is 0 Å². The van der Waals surface area contributed by atoms with E-state index < -0.39 is 0 Å². The third-order valence-electron chi connectivity index (χ3n) is 3.26. The minimum atomic E-state index is -0.242. The fourth-order valence-corrected chi connectivity index (χ4v) is 2.57. The highest BCUT2D eigenvalue weighted by Gasteiger charge is 2.12. The lowest BCUT2D eigenvalue weighted by Gasteiger charge is -2.17. The number of anilines is 1. The number of rotatable bonds is 2. The van der Waals surface area contributed by atoms with Crippen molar-refractivity contribution in [2.75, 3.05) is 18.0 Å². The molecule has 0 radical (unpaired) electrons. The molecule has 5 nitrogen and oxygen atoms in total. The molecule has 2 heterocycles. The number of nitrogens with zero attached hydrogens (tertiary/aromatic N) is 2. The Balaban J connectivity index is 1.96. The van der Waals surface area contributed by atoms with Crippen molar-refractivity contribution in [2.45, 2.75) is 12.8 Å². The normalized spacial score (nSPS) is 15.2. The number of H-pyrrole nitrogens is 2. The van der Waals surface area contributed by atoms with E-state index in [0.29, 0.717) is 4.77 Å². The Morgan fingerprint density at radius 2 is 1.61 bits per heavy atom. The largest absolute Gasteiger partial charge is 0.372 e. The first-order chi connectivity index (χ1) is 8.75. The number of nitrogens with one attached hydrogen (secondary N) is 2. The van der Waals surface area contributed by atoms with Gasteiger partial charge < -0.3 is 4.90 Å². The highest BCUT2D eigenvalue weighted by molar-refractivity contribution is 7.71. The summed E-state index contributed by atoms with van der Waals surface area (Å²) >= 11 is 5.06. The second-order valence-corrected chi connectivity index (χ2v) is 4.79. The van der Waals surface area contributed by atoms with Gasteiger partial charge in [-0.15, -0.1) is 0 Å². The number of aromatic amines is 2. The summed E-state index contributed by atoms with van der Waals surface area (Å²) in [4.78, 5) is 13.9. The molecule has 1 aromatic carbocycles. The van der Waals surface area contributed by atoms with Crippen LogP contribution in [0, 0.1) is 4.77 Å². The highest BCUT2D eigenvalue weighted by Crippen LogP contribution is 2.21. The van der Waals surface area contributed by atoms with Gasteiger partial charge in [-0.3, -0.25) is 5.10 Å². The van der Waals surface area contributed by atoms with Crippen molar-refractivity contribution in [3.63, 3.8) is 0 Å². The van der Waals surface area contributed by atoms with E-state index in [4.69, 9.17) is 12.2 Å². The van der Waals surface area contributed by atoms with Crippen LogP contribution in [0.3, 0.4) is 0 Å². The first-order valence-corrected chi connectivity index (χ1v) is 6.41. The van der Waals surface area contributed by atoms with Gasteiger partial charge in [-0.1, -0.05) is 0 Å². The van der Waals surface area contributed by atoms with Crippen LogP contribution in [-0.4, -0.2) is 27.9 Å². The maximum Gasteiger partial charge on any atom is 0.347 e. The van der Waals surface area contributed by atoms with Crippen LogP contribution in [0.1, 0.15) is 12.8 Å². The summed E-state index contributed by atoms with van der Waals surface area (Å²) in [6, 6.07) is 7.92. The molecule has 0 amide bonds. The third kappa shape index (κ3) is 1.88. The Morgan fingerprint density at radius 3 is 2.17 bits per heavy atom. The van der Waals surface area contributed by atoms with Gasteiger partial charge in [0.15, 0.2) is 0 Å². The molecule has 0 saturated carbocycles. The molecule has 94 valence electrons. The van der Waals surface area contributed by atoms with Gasteiger partial charge in [0.25, 0.3) is 0 Å². The van der Waals surface area contributed by atoms with E-state index in [0.717, 1.165) is 18.8 Å². The van der Waals surface area contributed by atoms with E-state index in [-0.39, 0.29) is 5.69 Å². The zero-order valence-corrected chi connectivity index (χ0v) is 10.7. The number of benzene rings is 1. The summed E-state index contributed by atoms with van der Waals surface area (Å²) in [5.74, 6) is 0. The smallest absolute Gasteiger partial charge is 0.347 e. The Kier molecular flexibility index (Phi) is 2.79. The van der Waals surface area contributed by atoms with Crippen molar-refractivity contribution in [3.05, 3.63) is 39.5 Å². The molecule has 0 aliphatic carbocycles. The maximum absolute atomic E-state index is 11.6. The van der Waals surface area contributed by atoms with Gasteiger partial charge in [0.2, 0.25) is 4.77 Å². The summed E-state index contributed by atoms with van der Waals surface area (Å²) < 4.78 is 1.83. The van der Waals surface area contributed by atoms with E-state index in [1.165, 1.54) is 23.1 Å². The molecule has 1 fully saturated rings. The molecule has 0 unspecified atom stereocenters. The second kappa shape index (κ2) is 4.45. The average molecular weight is 262 g/mol. The monoisotopic (exact) mass is 262 g/mol. The lowest BCUT2D eigenvalue weighted by Crippen LogP contribution is -2.18. The van der Waals surface area contributed by atoms with Crippen molar-refractivity contribution in [1.82, 2.24) is 14.8 Å². The average Bonchev–Trinajstić information content (AvgIpc) is 3.01. The predicted molar refractivity (Wildman–Crippen MR) is 73.0 cm³/mol. The molecule has 1 aliphatic rings. The van der Waals surface area contributed by atoms with Crippen LogP contribution >= 0.6 is 12.2 Å². The van der Waals surface area contributed by atoms with Crippen molar-refractivity contribution in [2.24, 2.45) is 0 Å².